The molecule has 0 aromatic carbocycles. The van der Waals surface area contributed by atoms with Crippen LogP contribution in [0.5, 0.6) is 0 Å². The summed E-state index contributed by atoms with van der Waals surface area (Å²) in [5, 5.41) is 0.789. The van der Waals surface area contributed by atoms with Crippen molar-refractivity contribution in [1.82, 2.24) is 19.5 Å². The lowest BCUT2D eigenvalue weighted by atomic mass is 10.4. The molecule has 0 saturated heterocycles. The molecule has 0 spiro atoms. The summed E-state index contributed by atoms with van der Waals surface area (Å²) in [6.07, 6.45) is 7.88. The van der Waals surface area contributed by atoms with Crippen molar-refractivity contribution in [3.63, 3.8) is 0 Å². The third kappa shape index (κ3) is 2.52. The van der Waals surface area contributed by atoms with Crippen LogP contribution in [0.3, 0.4) is 0 Å². The number of imidazole rings is 1. The van der Waals surface area contributed by atoms with Gasteiger partial charge in [-0.15, -0.1) is 11.8 Å². The SMILES string of the molecule is Cn1ccnc1CCSc1nccnc1N. The van der Waals surface area contributed by atoms with Crippen molar-refractivity contribution < 1.29 is 0 Å². The number of hydrogen-bond donors (Lipinski definition) is 1. The van der Waals surface area contributed by atoms with Gasteiger partial charge in [0, 0.05) is 44.0 Å². The first kappa shape index (κ1) is 10.9. The van der Waals surface area contributed by atoms with Crippen molar-refractivity contribution >= 4 is 17.6 Å². The largest absolute Gasteiger partial charge is 0.381 e. The fourth-order valence-corrected chi connectivity index (χ4v) is 2.14. The van der Waals surface area contributed by atoms with E-state index >= 15 is 0 Å². The van der Waals surface area contributed by atoms with Gasteiger partial charge in [-0.05, 0) is 0 Å². The highest BCUT2D eigenvalue weighted by atomic mass is 32.2. The van der Waals surface area contributed by atoms with Crippen LogP contribution in [-0.2, 0) is 13.5 Å². The van der Waals surface area contributed by atoms with Crippen LogP contribution in [0.1, 0.15) is 5.82 Å². The van der Waals surface area contributed by atoms with Crippen LogP contribution in [-0.4, -0.2) is 25.3 Å². The van der Waals surface area contributed by atoms with E-state index in [1.54, 1.807) is 30.4 Å². The fourth-order valence-electron chi connectivity index (χ4n) is 1.32. The molecular formula is C10H13N5S. The lowest BCUT2D eigenvalue weighted by Gasteiger charge is -2.03. The van der Waals surface area contributed by atoms with Crippen LogP contribution in [0.2, 0.25) is 0 Å². The number of nitrogens with zero attached hydrogens (tertiary/aromatic N) is 4. The smallest absolute Gasteiger partial charge is 0.156 e. The van der Waals surface area contributed by atoms with E-state index in [2.05, 4.69) is 15.0 Å². The molecule has 2 aromatic heterocycles. The van der Waals surface area contributed by atoms with E-state index in [1.807, 2.05) is 17.8 Å². The third-order valence-corrected chi connectivity index (χ3v) is 3.17. The van der Waals surface area contributed by atoms with Crippen LogP contribution >= 0.6 is 11.8 Å². The van der Waals surface area contributed by atoms with Gasteiger partial charge in [-0.2, -0.15) is 0 Å². The molecule has 0 aliphatic heterocycles. The van der Waals surface area contributed by atoms with Crippen LogP contribution in [0.4, 0.5) is 5.82 Å². The summed E-state index contributed by atoms with van der Waals surface area (Å²) in [5.74, 6) is 2.45. The van der Waals surface area contributed by atoms with Crippen molar-refractivity contribution in [2.45, 2.75) is 11.4 Å². The molecule has 0 fully saturated rings. The second-order valence-corrected chi connectivity index (χ2v) is 4.38. The van der Waals surface area contributed by atoms with Crippen molar-refractivity contribution in [2.24, 2.45) is 7.05 Å². The number of anilines is 1. The minimum absolute atomic E-state index is 0.493. The highest BCUT2D eigenvalue weighted by molar-refractivity contribution is 7.99. The van der Waals surface area contributed by atoms with Gasteiger partial charge in [-0.1, -0.05) is 0 Å². The second kappa shape index (κ2) is 4.98. The molecule has 84 valence electrons. The Hall–Kier alpha value is -1.56. The Morgan fingerprint density at radius 3 is 2.75 bits per heavy atom. The summed E-state index contributed by atoms with van der Waals surface area (Å²) in [6.45, 7) is 0. The summed E-state index contributed by atoms with van der Waals surface area (Å²) < 4.78 is 2.01. The molecule has 2 rings (SSSR count). The zero-order valence-electron chi connectivity index (χ0n) is 9.00. The van der Waals surface area contributed by atoms with E-state index in [-0.39, 0.29) is 0 Å². The first-order valence-corrected chi connectivity index (χ1v) is 5.91. The normalized spacial score (nSPS) is 10.6. The van der Waals surface area contributed by atoms with Gasteiger partial charge in [0.25, 0.3) is 0 Å². The number of nitrogen functional groups attached to an aromatic ring is 1. The monoisotopic (exact) mass is 235 g/mol. The maximum atomic E-state index is 5.69. The predicted octanol–water partition coefficient (Wildman–Crippen LogP) is 1.13. The molecule has 0 unspecified atom stereocenters. The predicted molar refractivity (Wildman–Crippen MR) is 64.1 cm³/mol. The Bertz CT molecular complexity index is 468. The Balaban J connectivity index is 1.89. The molecule has 2 aromatic rings. The first-order chi connectivity index (χ1) is 7.77. The molecule has 0 aliphatic rings. The van der Waals surface area contributed by atoms with Gasteiger partial charge in [-0.25, -0.2) is 15.0 Å². The van der Waals surface area contributed by atoms with E-state index in [9.17, 15) is 0 Å². The van der Waals surface area contributed by atoms with E-state index in [4.69, 9.17) is 5.73 Å². The highest BCUT2D eigenvalue weighted by Crippen LogP contribution is 2.20. The molecule has 6 heteroatoms. The summed E-state index contributed by atoms with van der Waals surface area (Å²) in [7, 11) is 1.99. The second-order valence-electron chi connectivity index (χ2n) is 3.30. The highest BCUT2D eigenvalue weighted by Gasteiger charge is 2.03. The van der Waals surface area contributed by atoms with Crippen LogP contribution in [0.25, 0.3) is 0 Å². The number of nitrogens with two attached hydrogens (primary N) is 1. The standard InChI is InChI=1S/C10H13N5S/c1-15-6-5-12-8(15)2-7-16-10-9(11)13-3-4-14-10/h3-6H,2,7H2,1H3,(H2,11,13). The van der Waals surface area contributed by atoms with Crippen molar-refractivity contribution in [2.75, 3.05) is 11.5 Å². The molecule has 0 aliphatic carbocycles. The lowest BCUT2D eigenvalue weighted by molar-refractivity contribution is 0.811. The van der Waals surface area contributed by atoms with E-state index in [0.717, 1.165) is 23.0 Å². The quantitative estimate of drug-likeness (QED) is 0.804. The van der Waals surface area contributed by atoms with Crippen molar-refractivity contribution in [3.05, 3.63) is 30.6 Å². The minimum Gasteiger partial charge on any atom is -0.381 e. The Labute approximate surface area is 98.1 Å². The van der Waals surface area contributed by atoms with Gasteiger partial charge in [0.05, 0.1) is 0 Å². The summed E-state index contributed by atoms with van der Waals surface area (Å²) in [5.41, 5.74) is 5.69. The number of rotatable bonds is 4. The average Bonchev–Trinajstić information content (AvgIpc) is 2.67. The molecular weight excluding hydrogens is 222 g/mol. The van der Waals surface area contributed by atoms with Crippen LogP contribution < -0.4 is 5.73 Å². The van der Waals surface area contributed by atoms with E-state index < -0.39 is 0 Å². The molecule has 2 N–H and O–H groups in total. The number of hydrogen-bond acceptors (Lipinski definition) is 5. The average molecular weight is 235 g/mol. The maximum Gasteiger partial charge on any atom is 0.156 e. The summed E-state index contributed by atoms with van der Waals surface area (Å²) in [6, 6.07) is 0. The van der Waals surface area contributed by atoms with Crippen molar-refractivity contribution in [1.29, 1.82) is 0 Å². The van der Waals surface area contributed by atoms with Gasteiger partial charge in [0.15, 0.2) is 5.82 Å². The Kier molecular flexibility index (Phi) is 3.40. The van der Waals surface area contributed by atoms with Gasteiger partial charge in [0.1, 0.15) is 10.9 Å². The topological polar surface area (TPSA) is 69.6 Å². The van der Waals surface area contributed by atoms with E-state index in [1.165, 1.54) is 0 Å². The van der Waals surface area contributed by atoms with Gasteiger partial charge < -0.3 is 10.3 Å². The molecule has 0 amide bonds. The van der Waals surface area contributed by atoms with Crippen molar-refractivity contribution in [3.8, 4) is 0 Å². The minimum atomic E-state index is 0.493. The molecule has 0 radical (unpaired) electrons. The van der Waals surface area contributed by atoms with Gasteiger partial charge in [-0.3, -0.25) is 0 Å². The van der Waals surface area contributed by atoms with Gasteiger partial charge in [0.2, 0.25) is 0 Å². The number of thioether (sulfide) groups is 1. The van der Waals surface area contributed by atoms with E-state index in [0.29, 0.717) is 5.82 Å². The van der Waals surface area contributed by atoms with Gasteiger partial charge >= 0.3 is 0 Å². The molecule has 0 saturated carbocycles. The summed E-state index contributed by atoms with van der Waals surface area (Å²) >= 11 is 1.60. The Morgan fingerprint density at radius 1 is 1.25 bits per heavy atom. The molecule has 0 atom stereocenters. The first-order valence-electron chi connectivity index (χ1n) is 4.93. The molecule has 16 heavy (non-hydrogen) atoms. The fraction of sp³-hybridized carbons (Fsp3) is 0.300. The lowest BCUT2D eigenvalue weighted by Crippen LogP contribution is -2.00. The van der Waals surface area contributed by atoms with Crippen LogP contribution in [0.15, 0.2) is 29.8 Å². The number of aromatic nitrogens is 4. The Morgan fingerprint density at radius 2 is 2.06 bits per heavy atom. The summed E-state index contributed by atoms with van der Waals surface area (Å²) in [4.78, 5) is 12.4. The zero-order valence-corrected chi connectivity index (χ0v) is 9.81. The maximum absolute atomic E-state index is 5.69. The zero-order chi connectivity index (χ0) is 11.4. The van der Waals surface area contributed by atoms with Crippen LogP contribution in [0, 0.1) is 0 Å². The molecule has 5 nitrogen and oxygen atoms in total. The molecule has 0 bridgehead atoms. The molecule has 2 heterocycles. The third-order valence-electron chi connectivity index (χ3n) is 2.18. The number of aryl methyl sites for hydroxylation is 2.